The molecule has 0 bridgehead atoms. The molecule has 2 nitrogen and oxygen atoms in total. The molecular formula is C13H13BrO2S2. The predicted octanol–water partition coefficient (Wildman–Crippen LogP) is 3.45. The molecule has 1 aromatic carbocycles. The molecule has 0 spiro atoms. The molecule has 1 heterocycles. The summed E-state index contributed by atoms with van der Waals surface area (Å²) in [6.07, 6.45) is 0. The van der Waals surface area contributed by atoms with Crippen LogP contribution in [0, 0.1) is 0 Å². The fraction of sp³-hybridized carbons (Fsp3) is 0.231. The number of halogens is 1. The lowest BCUT2D eigenvalue weighted by Crippen LogP contribution is -1.98. The number of aliphatic hydroxyl groups is 1. The Morgan fingerprint density at radius 1 is 1.06 bits per heavy atom. The van der Waals surface area contributed by atoms with Crippen molar-refractivity contribution in [1.82, 2.24) is 0 Å². The van der Waals surface area contributed by atoms with Gasteiger partial charge in [-0.15, -0.1) is 11.3 Å². The Hall–Kier alpha value is -0.490. The lowest BCUT2D eigenvalue weighted by atomic mass is 10.2. The highest BCUT2D eigenvalue weighted by atomic mass is 79.9. The molecule has 0 aliphatic heterocycles. The summed E-state index contributed by atoms with van der Waals surface area (Å²) in [5.41, 5.74) is 1.92. The second-order valence-corrected chi connectivity index (χ2v) is 7.91. The van der Waals surface area contributed by atoms with E-state index in [1.165, 1.54) is 0 Å². The number of hydrogen-bond donors (Lipinski definition) is 1. The first-order valence-electron chi connectivity index (χ1n) is 5.45. The maximum atomic E-state index is 12.0. The second kappa shape index (κ2) is 6.61. The van der Waals surface area contributed by atoms with Crippen molar-refractivity contribution in [1.29, 1.82) is 0 Å². The monoisotopic (exact) mass is 344 g/mol. The van der Waals surface area contributed by atoms with Crippen molar-refractivity contribution in [3.05, 3.63) is 56.2 Å². The van der Waals surface area contributed by atoms with Gasteiger partial charge in [0.2, 0.25) is 0 Å². The average Bonchev–Trinajstić information content (AvgIpc) is 2.75. The highest BCUT2D eigenvalue weighted by molar-refractivity contribution is 9.11. The summed E-state index contributed by atoms with van der Waals surface area (Å²) in [4.78, 5) is 1.13. The molecule has 1 aromatic heterocycles. The topological polar surface area (TPSA) is 37.3 Å². The third-order valence-electron chi connectivity index (χ3n) is 2.47. The fourth-order valence-electron chi connectivity index (χ4n) is 1.57. The minimum atomic E-state index is -0.890. The zero-order chi connectivity index (χ0) is 13.0. The molecule has 0 aliphatic rings. The van der Waals surface area contributed by atoms with Gasteiger partial charge in [-0.25, -0.2) is 0 Å². The van der Waals surface area contributed by atoms with Gasteiger partial charge in [0.25, 0.3) is 0 Å². The Balaban J connectivity index is 1.94. The Labute approximate surface area is 121 Å². The summed E-state index contributed by atoms with van der Waals surface area (Å²) in [6.45, 7) is 0.0482. The first kappa shape index (κ1) is 13.9. The molecule has 96 valence electrons. The van der Waals surface area contributed by atoms with Crippen LogP contribution >= 0.6 is 27.3 Å². The van der Waals surface area contributed by atoms with Crippen molar-refractivity contribution in [2.75, 3.05) is 0 Å². The maximum Gasteiger partial charge on any atom is 0.0701 e. The van der Waals surface area contributed by atoms with Gasteiger partial charge in [0, 0.05) is 21.4 Å². The zero-order valence-corrected chi connectivity index (χ0v) is 12.9. The van der Waals surface area contributed by atoms with Crippen molar-refractivity contribution >= 4 is 38.1 Å². The molecule has 1 atom stereocenters. The molecule has 0 saturated carbocycles. The van der Waals surface area contributed by atoms with E-state index >= 15 is 0 Å². The highest BCUT2D eigenvalue weighted by Crippen LogP contribution is 2.23. The van der Waals surface area contributed by atoms with E-state index in [1.807, 2.05) is 36.4 Å². The predicted molar refractivity (Wildman–Crippen MR) is 79.9 cm³/mol. The molecular weight excluding hydrogens is 332 g/mol. The van der Waals surface area contributed by atoms with Gasteiger partial charge >= 0.3 is 0 Å². The first-order valence-corrected chi connectivity index (χ1v) is 8.55. The highest BCUT2D eigenvalue weighted by Gasteiger charge is 2.05. The van der Waals surface area contributed by atoms with E-state index in [2.05, 4.69) is 15.9 Å². The summed E-state index contributed by atoms with van der Waals surface area (Å²) >= 11 is 5.02. The van der Waals surface area contributed by atoms with Gasteiger partial charge in [0.1, 0.15) is 0 Å². The van der Waals surface area contributed by atoms with E-state index in [4.69, 9.17) is 5.11 Å². The normalized spacial score (nSPS) is 12.6. The van der Waals surface area contributed by atoms with Gasteiger partial charge in [-0.2, -0.15) is 0 Å². The van der Waals surface area contributed by atoms with Gasteiger partial charge in [-0.3, -0.25) is 4.21 Å². The smallest absolute Gasteiger partial charge is 0.0701 e. The molecule has 5 heteroatoms. The fourth-order valence-corrected chi connectivity index (χ4v) is 4.55. The Morgan fingerprint density at radius 2 is 1.72 bits per heavy atom. The minimum Gasteiger partial charge on any atom is -0.392 e. The van der Waals surface area contributed by atoms with Gasteiger partial charge in [0.15, 0.2) is 0 Å². The third-order valence-corrected chi connectivity index (χ3v) is 5.56. The molecule has 18 heavy (non-hydrogen) atoms. The van der Waals surface area contributed by atoms with E-state index in [0.717, 1.165) is 19.8 Å². The average molecular weight is 345 g/mol. The molecule has 0 radical (unpaired) electrons. The van der Waals surface area contributed by atoms with Crippen LogP contribution in [-0.2, 0) is 28.9 Å². The molecule has 1 unspecified atom stereocenters. The summed E-state index contributed by atoms with van der Waals surface area (Å²) in [5, 5.41) is 8.94. The molecule has 0 saturated heterocycles. The molecule has 2 rings (SSSR count). The Kier molecular flexibility index (Phi) is 5.12. The Morgan fingerprint density at radius 3 is 2.28 bits per heavy atom. The van der Waals surface area contributed by atoms with Crippen LogP contribution < -0.4 is 0 Å². The van der Waals surface area contributed by atoms with E-state index < -0.39 is 10.8 Å². The van der Waals surface area contributed by atoms with Crippen LogP contribution in [-0.4, -0.2) is 9.32 Å². The SMILES string of the molecule is O=S(Cc1ccc(CO)cc1)Cc1ccc(Br)s1. The third kappa shape index (κ3) is 4.02. The van der Waals surface area contributed by atoms with Crippen LogP contribution in [0.25, 0.3) is 0 Å². The number of benzene rings is 1. The Bertz CT molecular complexity index is 534. The van der Waals surface area contributed by atoms with Gasteiger partial charge in [-0.1, -0.05) is 24.3 Å². The van der Waals surface area contributed by atoms with Crippen molar-refractivity contribution < 1.29 is 9.32 Å². The number of aliphatic hydroxyl groups excluding tert-OH is 1. The van der Waals surface area contributed by atoms with Gasteiger partial charge < -0.3 is 5.11 Å². The van der Waals surface area contributed by atoms with E-state index in [9.17, 15) is 4.21 Å². The van der Waals surface area contributed by atoms with Crippen LogP contribution in [0.1, 0.15) is 16.0 Å². The quantitative estimate of drug-likeness (QED) is 0.901. The van der Waals surface area contributed by atoms with Crippen molar-refractivity contribution in [3.8, 4) is 0 Å². The molecule has 2 aromatic rings. The van der Waals surface area contributed by atoms with Gasteiger partial charge in [0.05, 0.1) is 16.1 Å². The zero-order valence-electron chi connectivity index (χ0n) is 9.64. The van der Waals surface area contributed by atoms with Crippen LogP contribution in [0.4, 0.5) is 0 Å². The molecule has 0 aliphatic carbocycles. The van der Waals surface area contributed by atoms with Gasteiger partial charge in [-0.05, 0) is 39.2 Å². The summed E-state index contributed by atoms with van der Waals surface area (Å²) in [7, 11) is -0.890. The lowest BCUT2D eigenvalue weighted by molar-refractivity contribution is 0.282. The maximum absolute atomic E-state index is 12.0. The van der Waals surface area contributed by atoms with Crippen LogP contribution in [0.2, 0.25) is 0 Å². The first-order chi connectivity index (χ1) is 8.67. The van der Waals surface area contributed by atoms with Crippen molar-refractivity contribution in [2.45, 2.75) is 18.1 Å². The van der Waals surface area contributed by atoms with Crippen LogP contribution in [0.5, 0.6) is 0 Å². The molecule has 0 fully saturated rings. The molecule has 1 N–H and O–H groups in total. The van der Waals surface area contributed by atoms with E-state index in [0.29, 0.717) is 11.5 Å². The summed E-state index contributed by atoms with van der Waals surface area (Å²) < 4.78 is 13.1. The standard InChI is InChI=1S/C13H13BrO2S2/c14-13-6-5-12(17-13)9-18(16)8-11-3-1-10(7-15)2-4-11/h1-6,15H,7-9H2. The number of hydrogen-bond acceptors (Lipinski definition) is 3. The van der Waals surface area contributed by atoms with E-state index in [-0.39, 0.29) is 6.61 Å². The van der Waals surface area contributed by atoms with Crippen LogP contribution in [0.15, 0.2) is 40.2 Å². The number of thiophene rings is 1. The van der Waals surface area contributed by atoms with Crippen LogP contribution in [0.3, 0.4) is 0 Å². The van der Waals surface area contributed by atoms with E-state index in [1.54, 1.807) is 11.3 Å². The minimum absolute atomic E-state index is 0.0482. The largest absolute Gasteiger partial charge is 0.392 e. The second-order valence-electron chi connectivity index (χ2n) is 3.91. The summed E-state index contributed by atoms with van der Waals surface area (Å²) in [6, 6.07) is 11.6. The lowest BCUT2D eigenvalue weighted by Gasteiger charge is -2.02. The summed E-state index contributed by atoms with van der Waals surface area (Å²) in [5.74, 6) is 1.15. The van der Waals surface area contributed by atoms with Crippen molar-refractivity contribution in [3.63, 3.8) is 0 Å². The van der Waals surface area contributed by atoms with Crippen molar-refractivity contribution in [2.24, 2.45) is 0 Å². The molecule has 0 amide bonds. The number of rotatable bonds is 5.